The van der Waals surface area contributed by atoms with Crippen LogP contribution in [0, 0.1) is 5.92 Å². The average molecular weight is 307 g/mol. The van der Waals surface area contributed by atoms with E-state index in [1.54, 1.807) is 0 Å². The van der Waals surface area contributed by atoms with Gasteiger partial charge in [-0.1, -0.05) is 20.8 Å². The van der Waals surface area contributed by atoms with Crippen molar-refractivity contribution in [1.29, 1.82) is 0 Å². The first-order valence-electron chi connectivity index (χ1n) is 6.66. The van der Waals surface area contributed by atoms with Crippen LogP contribution in [0.25, 0.3) is 0 Å². The number of nitrogens with zero attached hydrogens (tertiary/aromatic N) is 2. The van der Waals surface area contributed by atoms with Gasteiger partial charge in [-0.15, -0.1) is 11.8 Å². The van der Waals surface area contributed by atoms with Crippen LogP contribution in [0.4, 0.5) is 19.1 Å². The van der Waals surface area contributed by atoms with Crippen LogP contribution in [-0.2, 0) is 6.18 Å². The number of hydrogen-bond acceptors (Lipinski definition) is 4. The van der Waals surface area contributed by atoms with Gasteiger partial charge < -0.3 is 5.32 Å². The molecule has 0 fully saturated rings. The van der Waals surface area contributed by atoms with Crippen molar-refractivity contribution in [2.75, 3.05) is 17.6 Å². The Balaban J connectivity index is 2.86. The van der Waals surface area contributed by atoms with Crippen LogP contribution in [0.3, 0.4) is 0 Å². The molecule has 0 aliphatic carbocycles. The highest BCUT2D eigenvalue weighted by Crippen LogP contribution is 2.31. The molecule has 0 bridgehead atoms. The minimum Gasteiger partial charge on any atom is -0.354 e. The number of alkyl halides is 3. The van der Waals surface area contributed by atoms with Gasteiger partial charge in [0.2, 0.25) is 5.95 Å². The minimum atomic E-state index is -4.45. The van der Waals surface area contributed by atoms with Crippen molar-refractivity contribution in [3.8, 4) is 0 Å². The molecule has 1 rings (SSSR count). The molecule has 20 heavy (non-hydrogen) atoms. The lowest BCUT2D eigenvalue weighted by atomic mass is 10.2. The van der Waals surface area contributed by atoms with Crippen LogP contribution in [0.1, 0.15) is 39.3 Å². The number of anilines is 1. The number of thioether (sulfide) groups is 1. The van der Waals surface area contributed by atoms with Gasteiger partial charge in [0.05, 0.1) is 0 Å². The number of nitrogens with one attached hydrogen (secondary N) is 1. The van der Waals surface area contributed by atoms with E-state index in [1.807, 2.05) is 6.92 Å². The van der Waals surface area contributed by atoms with Crippen molar-refractivity contribution in [3.63, 3.8) is 0 Å². The topological polar surface area (TPSA) is 37.8 Å². The van der Waals surface area contributed by atoms with E-state index in [1.165, 1.54) is 11.8 Å². The molecule has 114 valence electrons. The molecule has 0 spiro atoms. The first-order chi connectivity index (χ1) is 9.32. The van der Waals surface area contributed by atoms with Crippen LogP contribution in [0.5, 0.6) is 0 Å². The van der Waals surface area contributed by atoms with Crippen molar-refractivity contribution in [3.05, 3.63) is 11.8 Å². The minimum absolute atomic E-state index is 0.0497. The Bertz CT molecular complexity index is 422. The number of rotatable bonds is 7. The van der Waals surface area contributed by atoms with Crippen LogP contribution >= 0.6 is 11.8 Å². The van der Waals surface area contributed by atoms with E-state index in [4.69, 9.17) is 0 Å². The van der Waals surface area contributed by atoms with E-state index >= 15 is 0 Å². The maximum Gasteiger partial charge on any atom is 0.433 e. The standard InChI is InChI=1S/C13H20F3N3S/c1-4-6-17-12-18-10(13(14,15)16)8-11(19-12)20-7-5-9(2)3/h8-9H,4-7H2,1-3H3,(H,17,18,19). The fourth-order valence-electron chi connectivity index (χ4n) is 1.36. The van der Waals surface area contributed by atoms with Gasteiger partial charge in [-0.3, -0.25) is 0 Å². The Kier molecular flexibility index (Phi) is 6.58. The highest BCUT2D eigenvalue weighted by atomic mass is 32.2. The zero-order valence-electron chi connectivity index (χ0n) is 11.9. The van der Waals surface area contributed by atoms with E-state index in [-0.39, 0.29) is 5.95 Å². The summed E-state index contributed by atoms with van der Waals surface area (Å²) in [6, 6.07) is 1.02. The third-order valence-corrected chi connectivity index (χ3v) is 3.42. The third kappa shape index (κ3) is 5.98. The fourth-order valence-corrected chi connectivity index (χ4v) is 2.50. The summed E-state index contributed by atoms with van der Waals surface area (Å²) in [4.78, 5) is 7.65. The highest BCUT2D eigenvalue weighted by Gasteiger charge is 2.33. The first kappa shape index (κ1) is 17.1. The Morgan fingerprint density at radius 3 is 2.55 bits per heavy atom. The average Bonchev–Trinajstić information content (AvgIpc) is 2.34. The molecule has 1 heterocycles. The number of aromatic nitrogens is 2. The van der Waals surface area contributed by atoms with Crippen molar-refractivity contribution >= 4 is 17.7 Å². The molecular weight excluding hydrogens is 287 g/mol. The molecule has 0 aliphatic heterocycles. The van der Waals surface area contributed by atoms with E-state index in [0.29, 0.717) is 17.5 Å². The van der Waals surface area contributed by atoms with Gasteiger partial charge in [-0.05, 0) is 24.5 Å². The summed E-state index contributed by atoms with van der Waals surface area (Å²) < 4.78 is 38.4. The molecule has 0 aromatic carbocycles. The fraction of sp³-hybridized carbons (Fsp3) is 0.692. The van der Waals surface area contributed by atoms with E-state index in [9.17, 15) is 13.2 Å². The Morgan fingerprint density at radius 2 is 2.00 bits per heavy atom. The molecule has 0 atom stereocenters. The molecule has 7 heteroatoms. The van der Waals surface area contributed by atoms with Gasteiger partial charge in [0.15, 0.2) is 5.69 Å². The zero-order chi connectivity index (χ0) is 15.2. The maximum atomic E-state index is 12.8. The summed E-state index contributed by atoms with van der Waals surface area (Å²) in [5.41, 5.74) is -0.891. The molecular formula is C13H20F3N3S. The smallest absolute Gasteiger partial charge is 0.354 e. The summed E-state index contributed by atoms with van der Waals surface area (Å²) in [5.74, 6) is 1.32. The zero-order valence-corrected chi connectivity index (χ0v) is 12.7. The second-order valence-electron chi connectivity index (χ2n) is 4.87. The number of hydrogen-bond donors (Lipinski definition) is 1. The third-order valence-electron chi connectivity index (χ3n) is 2.47. The second kappa shape index (κ2) is 7.71. The Labute approximate surface area is 121 Å². The summed E-state index contributed by atoms with van der Waals surface area (Å²) >= 11 is 1.34. The van der Waals surface area contributed by atoms with Gasteiger partial charge >= 0.3 is 6.18 Å². The molecule has 1 aromatic rings. The molecule has 3 nitrogen and oxygen atoms in total. The van der Waals surface area contributed by atoms with Crippen LogP contribution in [0.2, 0.25) is 0 Å². The van der Waals surface area contributed by atoms with Gasteiger partial charge in [-0.2, -0.15) is 13.2 Å². The van der Waals surface area contributed by atoms with E-state index < -0.39 is 11.9 Å². The Hall–Kier alpha value is -0.980. The van der Waals surface area contributed by atoms with Crippen molar-refractivity contribution < 1.29 is 13.2 Å². The summed E-state index contributed by atoms with van der Waals surface area (Å²) in [6.45, 7) is 6.64. The second-order valence-corrected chi connectivity index (χ2v) is 5.99. The summed E-state index contributed by atoms with van der Waals surface area (Å²) in [6.07, 6.45) is -2.71. The van der Waals surface area contributed by atoms with Gasteiger partial charge in [0, 0.05) is 12.6 Å². The van der Waals surface area contributed by atoms with Crippen molar-refractivity contribution in [2.45, 2.75) is 44.8 Å². The van der Waals surface area contributed by atoms with Crippen molar-refractivity contribution in [2.24, 2.45) is 5.92 Å². The normalized spacial score (nSPS) is 11.9. The quantitative estimate of drug-likeness (QED) is 0.596. The molecule has 0 unspecified atom stereocenters. The highest BCUT2D eigenvalue weighted by molar-refractivity contribution is 7.99. The molecule has 1 aromatic heterocycles. The number of halogens is 3. The first-order valence-corrected chi connectivity index (χ1v) is 7.64. The molecule has 1 N–H and O–H groups in total. The predicted octanol–water partition coefficient (Wildman–Crippen LogP) is 4.46. The molecule has 0 saturated carbocycles. The maximum absolute atomic E-state index is 12.8. The largest absolute Gasteiger partial charge is 0.433 e. The van der Waals surface area contributed by atoms with Crippen LogP contribution in [-0.4, -0.2) is 22.3 Å². The molecule has 0 radical (unpaired) electrons. The van der Waals surface area contributed by atoms with Crippen LogP contribution in [0.15, 0.2) is 11.1 Å². The summed E-state index contributed by atoms with van der Waals surface area (Å²) in [7, 11) is 0. The molecule has 0 aliphatic rings. The lowest BCUT2D eigenvalue weighted by molar-refractivity contribution is -0.141. The van der Waals surface area contributed by atoms with Gasteiger partial charge in [0.1, 0.15) is 5.03 Å². The molecule has 0 saturated heterocycles. The van der Waals surface area contributed by atoms with Gasteiger partial charge in [-0.25, -0.2) is 9.97 Å². The van der Waals surface area contributed by atoms with E-state index in [0.717, 1.165) is 24.7 Å². The predicted molar refractivity (Wildman–Crippen MR) is 76.0 cm³/mol. The lowest BCUT2D eigenvalue weighted by Gasteiger charge is -2.11. The SMILES string of the molecule is CCCNc1nc(SCCC(C)C)cc(C(F)(F)F)n1. The lowest BCUT2D eigenvalue weighted by Crippen LogP contribution is -2.13. The van der Waals surface area contributed by atoms with Crippen molar-refractivity contribution in [1.82, 2.24) is 9.97 Å². The van der Waals surface area contributed by atoms with E-state index in [2.05, 4.69) is 29.1 Å². The monoisotopic (exact) mass is 307 g/mol. The Morgan fingerprint density at radius 1 is 1.30 bits per heavy atom. The van der Waals surface area contributed by atoms with Gasteiger partial charge in [0.25, 0.3) is 0 Å². The summed E-state index contributed by atoms with van der Waals surface area (Å²) in [5, 5.41) is 3.18. The van der Waals surface area contributed by atoms with Crippen LogP contribution < -0.4 is 5.32 Å². The molecule has 0 amide bonds.